The zero-order chi connectivity index (χ0) is 18.4. The molecule has 2 aliphatic rings. The van der Waals surface area contributed by atoms with Gasteiger partial charge in [0, 0.05) is 0 Å². The maximum atomic E-state index is 7.43. The number of benzene rings is 3. The van der Waals surface area contributed by atoms with E-state index in [1.54, 1.807) is 0 Å². The topological polar surface area (TPSA) is 0 Å². The molecule has 0 bridgehead atoms. The zero-order valence-corrected chi connectivity index (χ0v) is 18.6. The molecule has 0 N–H and O–H groups in total. The molecule has 0 aromatic heterocycles. The third-order valence-electron chi connectivity index (χ3n) is 5.65. The summed E-state index contributed by atoms with van der Waals surface area (Å²) in [6.07, 6.45) is 6.53. The third-order valence-corrected chi connectivity index (χ3v) is 17.7. The van der Waals surface area contributed by atoms with Crippen LogP contribution in [-0.4, -0.2) is 0 Å². The van der Waals surface area contributed by atoms with Crippen molar-refractivity contribution in [3.05, 3.63) is 114 Å². The van der Waals surface area contributed by atoms with E-state index in [0.717, 1.165) is 0 Å². The van der Waals surface area contributed by atoms with Crippen molar-refractivity contribution < 1.29 is 17.9 Å². The first-order valence-electron chi connectivity index (χ1n) is 9.18. The van der Waals surface area contributed by atoms with Crippen LogP contribution in [0.2, 0.25) is 3.63 Å². The monoisotopic (exact) mass is 466 g/mol. The number of rotatable bonds is 3. The third kappa shape index (κ3) is 2.83. The first-order chi connectivity index (χ1) is 13.2. The molecule has 0 nitrogen and oxygen atoms in total. The van der Waals surface area contributed by atoms with Crippen molar-refractivity contribution in [2.45, 2.75) is 7.25 Å². The number of hydrogen-bond donors (Lipinski definition) is 0. The average Bonchev–Trinajstić information content (AvgIpc) is 3.32. The molecule has 0 saturated carbocycles. The standard InChI is InChI=1S/C13H9.C11H9.2ClH.Zr/c1-3-7-12-10(5-1)9-11-6-2-4-8-13(11)12;1-2-6-10(7-3-1)11-8-4-5-9-11;;;/h1-9H;1-9H;2*1H;/q;;;;+2/p-2. The fourth-order valence-electron chi connectivity index (χ4n) is 4.47. The molecule has 0 fully saturated rings. The average molecular weight is 469 g/mol. The Labute approximate surface area is 171 Å². The van der Waals surface area contributed by atoms with Crippen molar-refractivity contribution in [3.63, 3.8) is 0 Å². The van der Waals surface area contributed by atoms with E-state index < -0.39 is 17.9 Å². The first kappa shape index (κ1) is 17.7. The van der Waals surface area contributed by atoms with Crippen LogP contribution in [0.3, 0.4) is 0 Å². The molecule has 132 valence electrons. The second-order valence-corrected chi connectivity index (χ2v) is 21.9. The molecule has 0 heterocycles. The van der Waals surface area contributed by atoms with Gasteiger partial charge in [-0.3, -0.25) is 0 Å². The van der Waals surface area contributed by atoms with Gasteiger partial charge in [0.2, 0.25) is 0 Å². The molecule has 0 spiro atoms. The SMILES string of the molecule is [Cl][Zr]([Cl])([CH]1C=CC=C1c1ccccc1)[CH]1c2ccccc2-c2ccccc21. The predicted molar refractivity (Wildman–Crippen MR) is 113 cm³/mol. The maximum absolute atomic E-state index is 7.43. The molecule has 5 rings (SSSR count). The Morgan fingerprint density at radius 3 is 1.85 bits per heavy atom. The summed E-state index contributed by atoms with van der Waals surface area (Å²) >= 11 is -3.72. The summed E-state index contributed by atoms with van der Waals surface area (Å²) in [6.45, 7) is 0. The number of halogens is 2. The molecule has 1 unspecified atom stereocenters. The molecule has 0 amide bonds. The minimum atomic E-state index is -3.72. The summed E-state index contributed by atoms with van der Waals surface area (Å²) < 4.78 is 0.268. The van der Waals surface area contributed by atoms with Crippen LogP contribution < -0.4 is 0 Å². The Kier molecular flexibility index (Phi) is 4.51. The summed E-state index contributed by atoms with van der Waals surface area (Å²) in [5.74, 6) is 0. The van der Waals surface area contributed by atoms with E-state index in [1.165, 1.54) is 33.4 Å². The Morgan fingerprint density at radius 1 is 0.667 bits per heavy atom. The van der Waals surface area contributed by atoms with Gasteiger partial charge >= 0.3 is 173 Å². The van der Waals surface area contributed by atoms with Gasteiger partial charge in [0.15, 0.2) is 0 Å². The van der Waals surface area contributed by atoms with E-state index in [2.05, 4.69) is 91.0 Å². The zero-order valence-electron chi connectivity index (χ0n) is 14.6. The van der Waals surface area contributed by atoms with E-state index in [-0.39, 0.29) is 7.25 Å². The summed E-state index contributed by atoms with van der Waals surface area (Å²) in [4.78, 5) is 0. The predicted octanol–water partition coefficient (Wildman–Crippen LogP) is 7.66. The van der Waals surface area contributed by atoms with Crippen molar-refractivity contribution in [2.24, 2.45) is 0 Å². The molecule has 0 radical (unpaired) electrons. The van der Waals surface area contributed by atoms with E-state index in [0.29, 0.717) is 0 Å². The van der Waals surface area contributed by atoms with Crippen molar-refractivity contribution in [3.8, 4) is 11.1 Å². The van der Waals surface area contributed by atoms with Crippen molar-refractivity contribution in [1.29, 1.82) is 0 Å². The fraction of sp³-hybridized carbons (Fsp3) is 0.0833. The molecule has 3 aromatic carbocycles. The van der Waals surface area contributed by atoms with Crippen LogP contribution >= 0.6 is 17.0 Å². The molecular weight excluding hydrogens is 450 g/mol. The molecule has 0 aliphatic heterocycles. The Bertz CT molecular complexity index is 1020. The van der Waals surface area contributed by atoms with Gasteiger partial charge in [-0.2, -0.15) is 0 Å². The van der Waals surface area contributed by atoms with Gasteiger partial charge in [0.25, 0.3) is 0 Å². The molecule has 3 heteroatoms. The second-order valence-electron chi connectivity index (χ2n) is 7.13. The quantitative estimate of drug-likeness (QED) is 0.370. The van der Waals surface area contributed by atoms with Crippen LogP contribution in [0.4, 0.5) is 0 Å². The van der Waals surface area contributed by atoms with Crippen molar-refractivity contribution in [2.75, 3.05) is 0 Å². The van der Waals surface area contributed by atoms with Gasteiger partial charge < -0.3 is 0 Å². The van der Waals surface area contributed by atoms with Gasteiger partial charge in [-0.25, -0.2) is 0 Å². The first-order valence-corrected chi connectivity index (χ1v) is 18.3. The second kappa shape index (κ2) is 6.89. The number of allylic oxidation sites excluding steroid dienone is 4. The Balaban J connectivity index is 1.64. The molecule has 2 aliphatic carbocycles. The Hall–Kier alpha value is -1.40. The summed E-state index contributed by atoms with van der Waals surface area (Å²) in [7, 11) is 14.9. The van der Waals surface area contributed by atoms with Crippen LogP contribution in [-0.2, 0) is 17.9 Å². The van der Waals surface area contributed by atoms with E-state index in [4.69, 9.17) is 17.0 Å². The van der Waals surface area contributed by atoms with Gasteiger partial charge in [0.05, 0.1) is 0 Å². The van der Waals surface area contributed by atoms with Gasteiger partial charge in [-0.05, 0) is 0 Å². The molecule has 0 saturated heterocycles. The minimum absolute atomic E-state index is 0.134. The van der Waals surface area contributed by atoms with Gasteiger partial charge in [0.1, 0.15) is 0 Å². The van der Waals surface area contributed by atoms with Gasteiger partial charge in [-0.1, -0.05) is 0 Å². The van der Waals surface area contributed by atoms with Crippen molar-refractivity contribution in [1.82, 2.24) is 0 Å². The molecule has 27 heavy (non-hydrogen) atoms. The summed E-state index contributed by atoms with van der Waals surface area (Å²) in [5, 5.41) is 0. The van der Waals surface area contributed by atoms with Crippen LogP contribution in [0, 0.1) is 0 Å². The number of hydrogen-bond acceptors (Lipinski definition) is 0. The van der Waals surface area contributed by atoms with Crippen LogP contribution in [0.5, 0.6) is 0 Å². The van der Waals surface area contributed by atoms with E-state index in [9.17, 15) is 0 Å². The fourth-order valence-corrected chi connectivity index (χ4v) is 16.2. The Morgan fingerprint density at radius 2 is 1.22 bits per heavy atom. The number of fused-ring (bicyclic) bond motifs is 3. The normalized spacial score (nSPS) is 18.3. The van der Waals surface area contributed by atoms with Gasteiger partial charge in [-0.15, -0.1) is 0 Å². The van der Waals surface area contributed by atoms with Crippen LogP contribution in [0.15, 0.2) is 97.1 Å². The van der Waals surface area contributed by atoms with E-state index in [1.807, 2.05) is 6.07 Å². The van der Waals surface area contributed by atoms with E-state index >= 15 is 0 Å². The summed E-state index contributed by atoms with van der Waals surface area (Å²) in [5.41, 5.74) is 7.65. The summed E-state index contributed by atoms with van der Waals surface area (Å²) in [6, 6.07) is 27.7. The van der Waals surface area contributed by atoms with Crippen LogP contribution in [0.25, 0.3) is 16.7 Å². The molecule has 3 aromatic rings. The molecular formula is C24H18Cl2Zr. The molecule has 1 atom stereocenters. The van der Waals surface area contributed by atoms with Crippen LogP contribution in [0.1, 0.15) is 20.3 Å². The van der Waals surface area contributed by atoms with Crippen molar-refractivity contribution >= 4 is 22.6 Å².